The smallest absolute Gasteiger partial charge is 0.0522 e. The zero-order valence-electron chi connectivity index (χ0n) is 10.3. The lowest BCUT2D eigenvalue weighted by Crippen LogP contribution is -2.34. The van der Waals surface area contributed by atoms with Gasteiger partial charge in [-0.1, -0.05) is 20.3 Å². The molecule has 15 heavy (non-hydrogen) atoms. The fourth-order valence-electron chi connectivity index (χ4n) is 2.08. The van der Waals surface area contributed by atoms with E-state index in [-0.39, 0.29) is 0 Å². The van der Waals surface area contributed by atoms with Gasteiger partial charge in [-0.2, -0.15) is 5.10 Å². The van der Waals surface area contributed by atoms with Gasteiger partial charge in [0.05, 0.1) is 6.20 Å². The van der Waals surface area contributed by atoms with Gasteiger partial charge >= 0.3 is 0 Å². The van der Waals surface area contributed by atoms with Crippen LogP contribution in [-0.2, 0) is 13.5 Å². The van der Waals surface area contributed by atoms with Gasteiger partial charge in [-0.05, 0) is 31.4 Å². The number of aryl methyl sites for hydroxylation is 1. The first kappa shape index (κ1) is 12.2. The van der Waals surface area contributed by atoms with Crippen molar-refractivity contribution in [1.29, 1.82) is 0 Å². The van der Waals surface area contributed by atoms with Crippen molar-refractivity contribution >= 4 is 0 Å². The van der Waals surface area contributed by atoms with Gasteiger partial charge in [0.15, 0.2) is 0 Å². The number of likely N-dealkylation sites (N-methyl/N-ethyl adjacent to an activating group) is 1. The summed E-state index contributed by atoms with van der Waals surface area (Å²) < 4.78 is 1.87. The molecule has 2 unspecified atom stereocenters. The van der Waals surface area contributed by atoms with Gasteiger partial charge in [-0.3, -0.25) is 4.68 Å². The maximum atomic E-state index is 4.20. The molecule has 0 fully saturated rings. The second kappa shape index (κ2) is 5.91. The van der Waals surface area contributed by atoms with Crippen LogP contribution in [0.4, 0.5) is 0 Å². The molecule has 86 valence electrons. The Balaban J connectivity index is 2.53. The van der Waals surface area contributed by atoms with Crippen LogP contribution in [0.5, 0.6) is 0 Å². The molecule has 0 amide bonds. The first-order valence-electron chi connectivity index (χ1n) is 5.82. The SMILES string of the molecule is CCCC(C)C(Cc1cnn(C)c1)NC. The predicted octanol–water partition coefficient (Wildman–Crippen LogP) is 1.99. The highest BCUT2D eigenvalue weighted by Gasteiger charge is 2.15. The average Bonchev–Trinajstić information content (AvgIpc) is 2.61. The summed E-state index contributed by atoms with van der Waals surface area (Å²) in [4.78, 5) is 0. The number of nitrogens with one attached hydrogen (secondary N) is 1. The van der Waals surface area contributed by atoms with Crippen LogP contribution in [0, 0.1) is 5.92 Å². The van der Waals surface area contributed by atoms with Gasteiger partial charge in [0, 0.05) is 19.3 Å². The summed E-state index contributed by atoms with van der Waals surface area (Å²) in [7, 11) is 4.01. The lowest BCUT2D eigenvalue weighted by molar-refractivity contribution is 0.371. The van der Waals surface area contributed by atoms with Crippen molar-refractivity contribution in [3.63, 3.8) is 0 Å². The summed E-state index contributed by atoms with van der Waals surface area (Å²) in [5, 5.41) is 7.61. The van der Waals surface area contributed by atoms with Gasteiger partial charge in [0.25, 0.3) is 0 Å². The van der Waals surface area contributed by atoms with E-state index >= 15 is 0 Å². The van der Waals surface area contributed by atoms with E-state index < -0.39 is 0 Å². The van der Waals surface area contributed by atoms with E-state index in [0.29, 0.717) is 6.04 Å². The molecule has 0 bridgehead atoms. The van der Waals surface area contributed by atoms with Crippen LogP contribution in [-0.4, -0.2) is 22.9 Å². The molecule has 1 aromatic rings. The summed E-state index contributed by atoms with van der Waals surface area (Å²) in [6.07, 6.45) is 7.68. The molecule has 0 radical (unpaired) electrons. The van der Waals surface area contributed by atoms with Crippen molar-refractivity contribution in [2.24, 2.45) is 13.0 Å². The van der Waals surface area contributed by atoms with E-state index in [9.17, 15) is 0 Å². The fraction of sp³-hybridized carbons (Fsp3) is 0.750. The Kier molecular flexibility index (Phi) is 4.82. The van der Waals surface area contributed by atoms with Gasteiger partial charge in [-0.15, -0.1) is 0 Å². The minimum atomic E-state index is 0.564. The molecular formula is C12H23N3. The second-order valence-corrected chi connectivity index (χ2v) is 4.39. The highest BCUT2D eigenvalue weighted by Crippen LogP contribution is 2.14. The maximum Gasteiger partial charge on any atom is 0.0522 e. The fourth-order valence-corrected chi connectivity index (χ4v) is 2.08. The van der Waals surface area contributed by atoms with Crippen molar-refractivity contribution in [3.8, 4) is 0 Å². The first-order valence-corrected chi connectivity index (χ1v) is 5.82. The summed E-state index contributed by atoms with van der Waals surface area (Å²) in [6.45, 7) is 4.56. The van der Waals surface area contributed by atoms with Gasteiger partial charge in [0.1, 0.15) is 0 Å². The molecule has 3 heteroatoms. The number of hydrogen-bond acceptors (Lipinski definition) is 2. The van der Waals surface area contributed by atoms with Gasteiger partial charge in [-0.25, -0.2) is 0 Å². The average molecular weight is 209 g/mol. The Morgan fingerprint density at radius 2 is 2.27 bits per heavy atom. The number of hydrogen-bond donors (Lipinski definition) is 1. The normalized spacial score (nSPS) is 15.2. The highest BCUT2D eigenvalue weighted by atomic mass is 15.2. The molecular weight excluding hydrogens is 186 g/mol. The van der Waals surface area contributed by atoms with E-state index in [1.807, 2.05) is 25.0 Å². The van der Waals surface area contributed by atoms with E-state index in [1.54, 1.807) is 0 Å². The summed E-state index contributed by atoms with van der Waals surface area (Å²) >= 11 is 0. The van der Waals surface area contributed by atoms with E-state index in [2.05, 4.69) is 30.5 Å². The van der Waals surface area contributed by atoms with Gasteiger partial charge in [0.2, 0.25) is 0 Å². The zero-order valence-corrected chi connectivity index (χ0v) is 10.3. The minimum Gasteiger partial charge on any atom is -0.316 e. The molecule has 2 atom stereocenters. The third-order valence-corrected chi connectivity index (χ3v) is 3.02. The highest BCUT2D eigenvalue weighted by molar-refractivity contribution is 5.06. The summed E-state index contributed by atoms with van der Waals surface area (Å²) in [5.41, 5.74) is 1.32. The summed E-state index contributed by atoms with van der Waals surface area (Å²) in [5.74, 6) is 0.722. The van der Waals surface area contributed by atoms with Crippen LogP contribution in [0.1, 0.15) is 32.3 Å². The van der Waals surface area contributed by atoms with E-state index in [1.165, 1.54) is 18.4 Å². The van der Waals surface area contributed by atoms with Crippen LogP contribution in [0.25, 0.3) is 0 Å². The zero-order chi connectivity index (χ0) is 11.3. The van der Waals surface area contributed by atoms with Crippen LogP contribution in [0.3, 0.4) is 0 Å². The Bertz CT molecular complexity index is 280. The molecule has 0 aliphatic heterocycles. The van der Waals surface area contributed by atoms with Gasteiger partial charge < -0.3 is 5.32 Å². The molecule has 0 saturated carbocycles. The topological polar surface area (TPSA) is 29.9 Å². The Hall–Kier alpha value is -0.830. The first-order chi connectivity index (χ1) is 7.17. The van der Waals surface area contributed by atoms with E-state index in [0.717, 1.165) is 12.3 Å². The van der Waals surface area contributed by atoms with Crippen molar-refractivity contribution in [2.75, 3.05) is 7.05 Å². The van der Waals surface area contributed by atoms with E-state index in [4.69, 9.17) is 0 Å². The van der Waals surface area contributed by atoms with Crippen LogP contribution in [0.15, 0.2) is 12.4 Å². The number of rotatable bonds is 6. The number of nitrogens with zero attached hydrogens (tertiary/aromatic N) is 2. The monoisotopic (exact) mass is 209 g/mol. The minimum absolute atomic E-state index is 0.564. The van der Waals surface area contributed by atoms with Crippen molar-refractivity contribution < 1.29 is 0 Å². The Labute approximate surface area is 92.9 Å². The number of aromatic nitrogens is 2. The van der Waals surface area contributed by atoms with Crippen molar-refractivity contribution in [1.82, 2.24) is 15.1 Å². The molecule has 1 heterocycles. The lowest BCUT2D eigenvalue weighted by atomic mass is 9.93. The third kappa shape index (κ3) is 3.67. The Morgan fingerprint density at radius 1 is 1.53 bits per heavy atom. The molecule has 0 aromatic carbocycles. The molecule has 0 aliphatic rings. The largest absolute Gasteiger partial charge is 0.316 e. The third-order valence-electron chi connectivity index (χ3n) is 3.02. The predicted molar refractivity (Wildman–Crippen MR) is 63.8 cm³/mol. The summed E-state index contributed by atoms with van der Waals surface area (Å²) in [6, 6.07) is 0.564. The molecule has 1 rings (SSSR count). The maximum absolute atomic E-state index is 4.20. The van der Waals surface area contributed by atoms with Crippen LogP contribution < -0.4 is 5.32 Å². The quantitative estimate of drug-likeness (QED) is 0.776. The lowest BCUT2D eigenvalue weighted by Gasteiger charge is -2.22. The van der Waals surface area contributed by atoms with Crippen molar-refractivity contribution in [3.05, 3.63) is 18.0 Å². The Morgan fingerprint density at radius 3 is 2.73 bits per heavy atom. The molecule has 0 saturated heterocycles. The molecule has 1 N–H and O–H groups in total. The molecule has 1 aromatic heterocycles. The van der Waals surface area contributed by atoms with Crippen LogP contribution >= 0.6 is 0 Å². The molecule has 0 aliphatic carbocycles. The molecule has 0 spiro atoms. The molecule has 3 nitrogen and oxygen atoms in total. The standard InChI is InChI=1S/C12H23N3/c1-5-6-10(2)12(13-3)7-11-8-14-15(4)9-11/h8-10,12-13H,5-7H2,1-4H3. The van der Waals surface area contributed by atoms with Crippen LogP contribution in [0.2, 0.25) is 0 Å². The second-order valence-electron chi connectivity index (χ2n) is 4.39. The van der Waals surface area contributed by atoms with Crippen molar-refractivity contribution in [2.45, 2.75) is 39.2 Å².